The molecule has 0 aliphatic heterocycles. The number of nitrogens with zero attached hydrogens (tertiary/aromatic N) is 3. The van der Waals surface area contributed by atoms with Gasteiger partial charge in [-0.2, -0.15) is 0 Å². The minimum absolute atomic E-state index is 0.401. The SMILES string of the molecule is OB(O)c1ccccc1-c1ccnnn1. The fourth-order valence-electron chi connectivity index (χ4n) is 1.34. The van der Waals surface area contributed by atoms with Crippen LogP contribution in [0.1, 0.15) is 0 Å². The van der Waals surface area contributed by atoms with Crippen molar-refractivity contribution in [3.05, 3.63) is 36.5 Å². The van der Waals surface area contributed by atoms with Crippen LogP contribution in [0.3, 0.4) is 0 Å². The summed E-state index contributed by atoms with van der Waals surface area (Å²) >= 11 is 0. The molecule has 0 amide bonds. The molecule has 1 aromatic carbocycles. The van der Waals surface area contributed by atoms with Gasteiger partial charge in [0, 0.05) is 5.56 Å². The molecule has 0 fully saturated rings. The van der Waals surface area contributed by atoms with E-state index in [0.29, 0.717) is 16.7 Å². The molecule has 74 valence electrons. The third-order valence-electron chi connectivity index (χ3n) is 2.02. The molecule has 0 radical (unpaired) electrons. The Morgan fingerprint density at radius 3 is 2.53 bits per heavy atom. The Labute approximate surface area is 86.6 Å². The lowest BCUT2D eigenvalue weighted by atomic mass is 9.76. The summed E-state index contributed by atoms with van der Waals surface area (Å²) in [5.41, 5.74) is 1.61. The van der Waals surface area contributed by atoms with Gasteiger partial charge in [0.1, 0.15) is 0 Å². The maximum Gasteiger partial charge on any atom is 0.489 e. The van der Waals surface area contributed by atoms with E-state index in [4.69, 9.17) is 10.0 Å². The fourth-order valence-corrected chi connectivity index (χ4v) is 1.34. The van der Waals surface area contributed by atoms with Crippen LogP contribution in [0, 0.1) is 0 Å². The highest BCUT2D eigenvalue weighted by molar-refractivity contribution is 6.60. The zero-order valence-corrected chi connectivity index (χ0v) is 7.78. The summed E-state index contributed by atoms with van der Waals surface area (Å²) in [7, 11) is -1.52. The monoisotopic (exact) mass is 201 g/mol. The van der Waals surface area contributed by atoms with Crippen LogP contribution in [0.25, 0.3) is 11.3 Å². The van der Waals surface area contributed by atoms with Crippen molar-refractivity contribution in [2.24, 2.45) is 0 Å². The number of hydrogen-bond donors (Lipinski definition) is 2. The van der Waals surface area contributed by atoms with Crippen molar-refractivity contribution in [3.63, 3.8) is 0 Å². The van der Waals surface area contributed by atoms with Crippen LogP contribution in [0.15, 0.2) is 36.5 Å². The van der Waals surface area contributed by atoms with Gasteiger partial charge in [-0.25, -0.2) is 0 Å². The molecular weight excluding hydrogens is 193 g/mol. The molecule has 2 N–H and O–H groups in total. The minimum Gasteiger partial charge on any atom is -0.423 e. The van der Waals surface area contributed by atoms with Crippen molar-refractivity contribution in [1.29, 1.82) is 0 Å². The van der Waals surface area contributed by atoms with Crippen LogP contribution in [-0.4, -0.2) is 32.6 Å². The largest absolute Gasteiger partial charge is 0.489 e. The van der Waals surface area contributed by atoms with Crippen LogP contribution in [0.2, 0.25) is 0 Å². The fraction of sp³-hybridized carbons (Fsp3) is 0. The molecule has 0 aliphatic carbocycles. The standard InChI is InChI=1S/C9H8BN3O2/c14-10(15)8-4-2-1-3-7(8)9-5-6-11-13-12-9/h1-6,14-15H. The van der Waals surface area contributed by atoms with Gasteiger partial charge in [-0.05, 0) is 16.7 Å². The van der Waals surface area contributed by atoms with E-state index in [2.05, 4.69) is 15.4 Å². The van der Waals surface area contributed by atoms with Gasteiger partial charge >= 0.3 is 7.12 Å². The van der Waals surface area contributed by atoms with Crippen LogP contribution < -0.4 is 5.46 Å². The Bertz CT molecular complexity index is 450. The van der Waals surface area contributed by atoms with Gasteiger partial charge in [-0.3, -0.25) is 0 Å². The van der Waals surface area contributed by atoms with Gasteiger partial charge < -0.3 is 10.0 Å². The molecule has 0 spiro atoms. The van der Waals surface area contributed by atoms with E-state index in [9.17, 15) is 0 Å². The van der Waals surface area contributed by atoms with Gasteiger partial charge in [-0.15, -0.1) is 10.2 Å². The Kier molecular flexibility index (Phi) is 2.71. The van der Waals surface area contributed by atoms with Crippen molar-refractivity contribution < 1.29 is 10.0 Å². The van der Waals surface area contributed by atoms with Crippen LogP contribution in [0.5, 0.6) is 0 Å². The Balaban J connectivity index is 2.53. The van der Waals surface area contributed by atoms with E-state index in [-0.39, 0.29) is 0 Å². The first-order valence-electron chi connectivity index (χ1n) is 4.39. The molecule has 2 rings (SSSR count). The lowest BCUT2D eigenvalue weighted by Crippen LogP contribution is -2.31. The Morgan fingerprint density at radius 2 is 1.87 bits per heavy atom. The van der Waals surface area contributed by atoms with Crippen molar-refractivity contribution in [1.82, 2.24) is 15.4 Å². The molecule has 1 heterocycles. The van der Waals surface area contributed by atoms with Crippen LogP contribution >= 0.6 is 0 Å². The lowest BCUT2D eigenvalue weighted by Gasteiger charge is -2.06. The second-order valence-electron chi connectivity index (χ2n) is 2.97. The molecule has 0 saturated carbocycles. The van der Waals surface area contributed by atoms with E-state index >= 15 is 0 Å². The quantitative estimate of drug-likeness (QED) is 0.623. The van der Waals surface area contributed by atoms with Crippen molar-refractivity contribution in [2.45, 2.75) is 0 Å². The second kappa shape index (κ2) is 4.16. The minimum atomic E-state index is -1.52. The van der Waals surface area contributed by atoms with E-state index in [0.717, 1.165) is 0 Å². The summed E-state index contributed by atoms with van der Waals surface area (Å²) in [6, 6.07) is 8.56. The predicted molar refractivity (Wildman–Crippen MR) is 55.1 cm³/mol. The number of hydrogen-bond acceptors (Lipinski definition) is 5. The summed E-state index contributed by atoms with van der Waals surface area (Å²) in [6.45, 7) is 0. The number of rotatable bonds is 2. The van der Waals surface area contributed by atoms with E-state index in [1.807, 2.05) is 0 Å². The van der Waals surface area contributed by atoms with Crippen molar-refractivity contribution in [3.8, 4) is 11.3 Å². The molecule has 0 aliphatic rings. The first-order valence-corrected chi connectivity index (χ1v) is 4.39. The Morgan fingerprint density at radius 1 is 1.07 bits per heavy atom. The third kappa shape index (κ3) is 2.00. The average molecular weight is 201 g/mol. The molecule has 6 heteroatoms. The molecule has 2 aromatic rings. The Hall–Kier alpha value is -1.79. The highest BCUT2D eigenvalue weighted by atomic mass is 16.4. The van der Waals surface area contributed by atoms with Crippen LogP contribution in [-0.2, 0) is 0 Å². The van der Waals surface area contributed by atoms with Gasteiger partial charge in [0.15, 0.2) is 0 Å². The van der Waals surface area contributed by atoms with Crippen molar-refractivity contribution in [2.75, 3.05) is 0 Å². The maximum atomic E-state index is 9.16. The summed E-state index contributed by atoms with van der Waals surface area (Å²) in [6.07, 6.45) is 1.50. The third-order valence-corrected chi connectivity index (χ3v) is 2.02. The van der Waals surface area contributed by atoms with E-state index in [1.54, 1.807) is 30.3 Å². The molecular formula is C9H8BN3O2. The maximum absolute atomic E-state index is 9.16. The van der Waals surface area contributed by atoms with Crippen LogP contribution in [0.4, 0.5) is 0 Å². The zero-order chi connectivity index (χ0) is 10.7. The highest BCUT2D eigenvalue weighted by Crippen LogP contribution is 2.12. The second-order valence-corrected chi connectivity index (χ2v) is 2.97. The van der Waals surface area contributed by atoms with Crippen molar-refractivity contribution >= 4 is 12.6 Å². The first kappa shape index (κ1) is 9.76. The van der Waals surface area contributed by atoms with Gasteiger partial charge in [0.25, 0.3) is 0 Å². The predicted octanol–water partition coefficient (Wildman–Crippen LogP) is -0.782. The topological polar surface area (TPSA) is 79.1 Å². The smallest absolute Gasteiger partial charge is 0.423 e. The number of aromatic nitrogens is 3. The first-order chi connectivity index (χ1) is 7.29. The molecule has 15 heavy (non-hydrogen) atoms. The molecule has 0 unspecified atom stereocenters. The molecule has 0 saturated heterocycles. The van der Waals surface area contributed by atoms with Gasteiger partial charge in [-0.1, -0.05) is 24.3 Å². The molecule has 5 nitrogen and oxygen atoms in total. The summed E-state index contributed by atoms with van der Waals surface area (Å²) in [4.78, 5) is 0. The van der Waals surface area contributed by atoms with E-state index in [1.165, 1.54) is 6.20 Å². The van der Waals surface area contributed by atoms with Gasteiger partial charge in [0.05, 0.1) is 11.9 Å². The van der Waals surface area contributed by atoms with E-state index < -0.39 is 7.12 Å². The lowest BCUT2D eigenvalue weighted by molar-refractivity contribution is 0.426. The normalized spacial score (nSPS) is 10.0. The highest BCUT2D eigenvalue weighted by Gasteiger charge is 2.16. The molecule has 0 atom stereocenters. The summed E-state index contributed by atoms with van der Waals surface area (Å²) in [5.74, 6) is 0. The van der Waals surface area contributed by atoms with Gasteiger partial charge in [0.2, 0.25) is 0 Å². The molecule has 0 bridgehead atoms. The summed E-state index contributed by atoms with van der Waals surface area (Å²) in [5, 5.41) is 29.2. The molecule has 1 aromatic heterocycles. The zero-order valence-electron chi connectivity index (χ0n) is 7.78. The summed E-state index contributed by atoms with van der Waals surface area (Å²) < 4.78 is 0. The average Bonchev–Trinajstić information content (AvgIpc) is 2.30. The number of benzene rings is 1.